The lowest BCUT2D eigenvalue weighted by Gasteiger charge is -2.25. The Morgan fingerprint density at radius 3 is 2.93 bits per heavy atom. The number of hydrogen-bond acceptors (Lipinski definition) is 3. The summed E-state index contributed by atoms with van der Waals surface area (Å²) in [7, 11) is 0. The van der Waals surface area contributed by atoms with Crippen molar-refractivity contribution in [2.24, 2.45) is 5.41 Å². The summed E-state index contributed by atoms with van der Waals surface area (Å²) in [5.41, 5.74) is -1.03. The van der Waals surface area contributed by atoms with Crippen molar-refractivity contribution in [1.29, 1.82) is 0 Å². The second-order valence-corrected chi connectivity index (χ2v) is 3.85. The lowest BCUT2D eigenvalue weighted by molar-refractivity contribution is -0.149. The lowest BCUT2D eigenvalue weighted by Crippen LogP contribution is -2.49. The Balaban J connectivity index is 2.65. The van der Waals surface area contributed by atoms with Crippen LogP contribution in [0.4, 0.5) is 0 Å². The molecular formula is C10H15NO4. The van der Waals surface area contributed by atoms with Crippen molar-refractivity contribution in [3.05, 3.63) is 12.7 Å². The summed E-state index contributed by atoms with van der Waals surface area (Å²) < 4.78 is 5.09. The van der Waals surface area contributed by atoms with E-state index < -0.39 is 17.4 Å². The van der Waals surface area contributed by atoms with Crippen molar-refractivity contribution in [1.82, 2.24) is 5.32 Å². The molecule has 0 radical (unpaired) electrons. The molecule has 2 atom stereocenters. The van der Waals surface area contributed by atoms with E-state index in [2.05, 4.69) is 11.9 Å². The zero-order valence-corrected chi connectivity index (χ0v) is 8.66. The predicted molar refractivity (Wildman–Crippen MR) is 53.3 cm³/mol. The fraction of sp³-hybridized carbons (Fsp3) is 0.600. The van der Waals surface area contributed by atoms with E-state index in [9.17, 15) is 9.59 Å². The molecule has 0 aliphatic carbocycles. The quantitative estimate of drug-likeness (QED) is 0.653. The van der Waals surface area contributed by atoms with Crippen molar-refractivity contribution in [2.75, 3.05) is 13.2 Å². The average Bonchev–Trinajstić information content (AvgIpc) is 2.50. The number of carboxylic acid groups (broad SMARTS) is 1. The van der Waals surface area contributed by atoms with Crippen molar-refractivity contribution in [3.63, 3.8) is 0 Å². The maximum Gasteiger partial charge on any atom is 0.313 e. The fourth-order valence-corrected chi connectivity index (χ4v) is 1.47. The Morgan fingerprint density at radius 1 is 1.73 bits per heavy atom. The Labute approximate surface area is 88.1 Å². The first-order valence-corrected chi connectivity index (χ1v) is 4.72. The molecule has 5 nitrogen and oxygen atoms in total. The van der Waals surface area contributed by atoms with Crippen LogP contribution in [-0.2, 0) is 14.3 Å². The Bertz CT molecular complexity index is 289. The zero-order chi connectivity index (χ0) is 11.5. The van der Waals surface area contributed by atoms with Gasteiger partial charge in [-0.25, -0.2) is 0 Å². The van der Waals surface area contributed by atoms with Gasteiger partial charge in [0.25, 0.3) is 0 Å². The van der Waals surface area contributed by atoms with Crippen LogP contribution in [-0.4, -0.2) is 36.2 Å². The summed E-state index contributed by atoms with van der Waals surface area (Å²) in [6.45, 7) is 5.38. The second kappa shape index (κ2) is 4.44. The molecule has 0 aromatic rings. The maximum atomic E-state index is 11.3. The van der Waals surface area contributed by atoms with Crippen LogP contribution in [0.3, 0.4) is 0 Å². The molecule has 1 saturated heterocycles. The van der Waals surface area contributed by atoms with Gasteiger partial charge in [0.05, 0.1) is 19.3 Å². The van der Waals surface area contributed by atoms with E-state index in [1.54, 1.807) is 6.92 Å². The van der Waals surface area contributed by atoms with E-state index in [0.29, 0.717) is 0 Å². The molecule has 1 fully saturated rings. The molecule has 84 valence electrons. The topological polar surface area (TPSA) is 75.6 Å². The van der Waals surface area contributed by atoms with Gasteiger partial charge in [-0.1, -0.05) is 6.08 Å². The normalized spacial score (nSPS) is 29.8. The van der Waals surface area contributed by atoms with E-state index in [4.69, 9.17) is 9.84 Å². The number of amides is 1. The molecule has 1 rings (SSSR count). The molecule has 0 bridgehead atoms. The largest absolute Gasteiger partial charge is 0.481 e. The average molecular weight is 213 g/mol. The van der Waals surface area contributed by atoms with Gasteiger partial charge in [0.2, 0.25) is 5.91 Å². The summed E-state index contributed by atoms with van der Waals surface area (Å²) in [6, 6.07) is -0.470. The minimum Gasteiger partial charge on any atom is -0.481 e. The van der Waals surface area contributed by atoms with Crippen LogP contribution in [0.25, 0.3) is 0 Å². The molecule has 0 saturated carbocycles. The van der Waals surface area contributed by atoms with Crippen LogP contribution < -0.4 is 5.32 Å². The standard InChI is InChI=1S/C10H15NO4/c1-3-4-8(12)11-7-5-15-6-10(7,2)9(13)14/h3,7H,1,4-6H2,2H3,(H,11,12)(H,13,14). The summed E-state index contributed by atoms with van der Waals surface area (Å²) >= 11 is 0. The van der Waals surface area contributed by atoms with Gasteiger partial charge in [-0.05, 0) is 6.92 Å². The van der Waals surface area contributed by atoms with Crippen LogP contribution in [0.15, 0.2) is 12.7 Å². The van der Waals surface area contributed by atoms with Crippen LogP contribution >= 0.6 is 0 Å². The molecule has 0 aromatic carbocycles. The third-order valence-electron chi connectivity index (χ3n) is 2.61. The van der Waals surface area contributed by atoms with Crippen LogP contribution in [0.5, 0.6) is 0 Å². The van der Waals surface area contributed by atoms with E-state index in [1.807, 2.05) is 0 Å². The molecule has 1 heterocycles. The van der Waals surface area contributed by atoms with Crippen molar-refractivity contribution < 1.29 is 19.4 Å². The number of carboxylic acids is 1. The molecule has 2 N–H and O–H groups in total. The third kappa shape index (κ3) is 2.36. The Morgan fingerprint density at radius 2 is 2.40 bits per heavy atom. The molecule has 1 aliphatic heterocycles. The minimum absolute atomic E-state index is 0.126. The lowest BCUT2D eigenvalue weighted by atomic mass is 9.85. The van der Waals surface area contributed by atoms with Crippen LogP contribution in [0.1, 0.15) is 13.3 Å². The second-order valence-electron chi connectivity index (χ2n) is 3.85. The number of hydrogen-bond donors (Lipinski definition) is 2. The summed E-state index contributed by atoms with van der Waals surface area (Å²) in [4.78, 5) is 22.3. The molecule has 1 aliphatic rings. The van der Waals surface area contributed by atoms with Crippen molar-refractivity contribution in [2.45, 2.75) is 19.4 Å². The van der Waals surface area contributed by atoms with Crippen molar-refractivity contribution >= 4 is 11.9 Å². The van der Waals surface area contributed by atoms with Gasteiger partial charge < -0.3 is 15.2 Å². The van der Waals surface area contributed by atoms with Gasteiger partial charge in [0, 0.05) is 6.42 Å². The van der Waals surface area contributed by atoms with Crippen LogP contribution in [0.2, 0.25) is 0 Å². The van der Waals surface area contributed by atoms with Crippen molar-refractivity contribution in [3.8, 4) is 0 Å². The number of aliphatic carboxylic acids is 1. The highest BCUT2D eigenvalue weighted by Gasteiger charge is 2.47. The van der Waals surface area contributed by atoms with Gasteiger partial charge in [0.1, 0.15) is 5.41 Å². The zero-order valence-electron chi connectivity index (χ0n) is 8.66. The molecule has 1 amide bonds. The minimum atomic E-state index is -1.03. The highest BCUT2D eigenvalue weighted by Crippen LogP contribution is 2.28. The number of rotatable bonds is 4. The third-order valence-corrected chi connectivity index (χ3v) is 2.61. The van der Waals surface area contributed by atoms with Gasteiger partial charge in [-0.15, -0.1) is 6.58 Å². The van der Waals surface area contributed by atoms with Gasteiger partial charge in [0.15, 0.2) is 0 Å². The monoisotopic (exact) mass is 213 g/mol. The number of carbonyl (C=O) groups excluding carboxylic acids is 1. The first-order valence-electron chi connectivity index (χ1n) is 4.72. The molecule has 0 aromatic heterocycles. The number of ether oxygens (including phenoxy) is 1. The smallest absolute Gasteiger partial charge is 0.313 e. The van der Waals surface area contributed by atoms with E-state index in [-0.39, 0.29) is 25.5 Å². The Hall–Kier alpha value is -1.36. The van der Waals surface area contributed by atoms with E-state index >= 15 is 0 Å². The van der Waals surface area contributed by atoms with Gasteiger partial charge >= 0.3 is 5.97 Å². The number of nitrogens with one attached hydrogen (secondary N) is 1. The van der Waals surface area contributed by atoms with E-state index in [0.717, 1.165) is 0 Å². The first kappa shape index (κ1) is 11.7. The Kier molecular flexibility index (Phi) is 3.47. The predicted octanol–water partition coefficient (Wildman–Crippen LogP) is 0.168. The molecule has 2 unspecified atom stereocenters. The summed E-state index contributed by atoms with van der Waals surface area (Å²) in [5.74, 6) is -1.18. The highest BCUT2D eigenvalue weighted by atomic mass is 16.5. The highest BCUT2D eigenvalue weighted by molar-refractivity contribution is 5.81. The molecule has 0 spiro atoms. The molecular weight excluding hydrogens is 198 g/mol. The SMILES string of the molecule is C=CCC(=O)NC1COCC1(C)C(=O)O. The van der Waals surface area contributed by atoms with Gasteiger partial charge in [-0.3, -0.25) is 9.59 Å². The number of carbonyl (C=O) groups is 2. The molecule has 15 heavy (non-hydrogen) atoms. The first-order chi connectivity index (χ1) is 7.00. The maximum absolute atomic E-state index is 11.3. The summed E-state index contributed by atoms with van der Waals surface area (Å²) in [6.07, 6.45) is 1.66. The summed E-state index contributed by atoms with van der Waals surface area (Å²) in [5, 5.41) is 11.7. The van der Waals surface area contributed by atoms with Gasteiger partial charge in [-0.2, -0.15) is 0 Å². The fourth-order valence-electron chi connectivity index (χ4n) is 1.47. The molecule has 5 heteroatoms. The van der Waals surface area contributed by atoms with Crippen LogP contribution in [0, 0.1) is 5.41 Å². The van der Waals surface area contributed by atoms with E-state index in [1.165, 1.54) is 6.08 Å².